The minimum Gasteiger partial charge on any atom is -0.345 e. The largest absolute Gasteiger partial charge is 0.345 e. The van der Waals surface area contributed by atoms with Gasteiger partial charge in [-0.25, -0.2) is 9.97 Å². The van der Waals surface area contributed by atoms with Gasteiger partial charge in [0.1, 0.15) is 11.6 Å². The first-order chi connectivity index (χ1) is 13.2. The Kier molecular flexibility index (Phi) is 5.16. The molecule has 0 atom stereocenters. The molecule has 0 saturated heterocycles. The zero-order valence-electron chi connectivity index (χ0n) is 15.7. The Morgan fingerprint density at radius 2 is 2.04 bits per heavy atom. The first kappa shape index (κ1) is 17.7. The van der Waals surface area contributed by atoms with E-state index >= 15 is 0 Å². The molecule has 0 unspecified atom stereocenters. The molecular weight excluding hydrogens is 338 g/mol. The summed E-state index contributed by atoms with van der Waals surface area (Å²) in [6, 6.07) is 9.80. The molecule has 2 aromatic heterocycles. The molecule has 3 heterocycles. The predicted octanol–water partition coefficient (Wildman–Crippen LogP) is 3.06. The third kappa shape index (κ3) is 4.01. The van der Waals surface area contributed by atoms with Crippen molar-refractivity contribution in [1.29, 1.82) is 0 Å². The summed E-state index contributed by atoms with van der Waals surface area (Å²) in [5.74, 6) is 1.71. The standard InChI is InChI=1S/C21H25N5O/c1-2-3-9-19-22-12-16(23-19)13-26-11-10-18-17(14-26)21(27)25-20(24-18)15-7-5-4-6-8-15/h4-8,12H,2-3,9-11,13-14H2,1H3,(H,22,23)(H,24,25,27). The number of H-pyrrole nitrogens is 2. The van der Waals surface area contributed by atoms with Crippen molar-refractivity contribution >= 4 is 0 Å². The summed E-state index contributed by atoms with van der Waals surface area (Å²) >= 11 is 0. The highest BCUT2D eigenvalue weighted by Crippen LogP contribution is 2.19. The average molecular weight is 363 g/mol. The van der Waals surface area contributed by atoms with Gasteiger partial charge < -0.3 is 9.97 Å². The highest BCUT2D eigenvalue weighted by atomic mass is 16.1. The van der Waals surface area contributed by atoms with E-state index in [0.29, 0.717) is 12.4 Å². The molecule has 4 rings (SSSR count). The molecule has 0 bridgehead atoms. The van der Waals surface area contributed by atoms with Crippen LogP contribution < -0.4 is 5.56 Å². The zero-order chi connectivity index (χ0) is 18.6. The van der Waals surface area contributed by atoms with Crippen LogP contribution in [0.25, 0.3) is 11.4 Å². The number of aromatic nitrogens is 4. The zero-order valence-corrected chi connectivity index (χ0v) is 15.7. The van der Waals surface area contributed by atoms with Crippen LogP contribution in [0.5, 0.6) is 0 Å². The van der Waals surface area contributed by atoms with E-state index in [1.807, 2.05) is 36.5 Å². The van der Waals surface area contributed by atoms with Crippen molar-refractivity contribution in [1.82, 2.24) is 24.8 Å². The van der Waals surface area contributed by atoms with Crippen molar-refractivity contribution in [2.24, 2.45) is 0 Å². The molecular formula is C21H25N5O. The topological polar surface area (TPSA) is 77.7 Å². The van der Waals surface area contributed by atoms with Crippen molar-refractivity contribution < 1.29 is 0 Å². The molecule has 1 aliphatic heterocycles. The summed E-state index contributed by atoms with van der Waals surface area (Å²) in [7, 11) is 0. The second-order valence-corrected chi connectivity index (χ2v) is 7.13. The molecule has 0 saturated carbocycles. The number of aryl methyl sites for hydroxylation is 1. The molecule has 1 aromatic carbocycles. The number of imidazole rings is 1. The van der Waals surface area contributed by atoms with Crippen LogP contribution in [-0.4, -0.2) is 31.4 Å². The van der Waals surface area contributed by atoms with Crippen LogP contribution in [0.15, 0.2) is 41.3 Å². The number of aromatic amines is 2. The Labute approximate surface area is 158 Å². The molecule has 140 valence electrons. The molecule has 0 amide bonds. The summed E-state index contributed by atoms with van der Waals surface area (Å²) in [4.78, 5) is 30.5. The Balaban J connectivity index is 1.48. The van der Waals surface area contributed by atoms with Gasteiger partial charge in [-0.3, -0.25) is 9.69 Å². The van der Waals surface area contributed by atoms with Crippen LogP contribution in [0.1, 0.15) is 42.5 Å². The molecule has 0 aliphatic carbocycles. The summed E-state index contributed by atoms with van der Waals surface area (Å²) in [6.07, 6.45) is 6.01. The van der Waals surface area contributed by atoms with Crippen molar-refractivity contribution in [2.45, 2.75) is 45.7 Å². The van der Waals surface area contributed by atoms with Gasteiger partial charge in [0.05, 0.1) is 11.3 Å². The Morgan fingerprint density at radius 1 is 1.19 bits per heavy atom. The van der Waals surface area contributed by atoms with E-state index in [4.69, 9.17) is 4.98 Å². The van der Waals surface area contributed by atoms with Crippen molar-refractivity contribution in [3.05, 3.63) is 69.7 Å². The highest BCUT2D eigenvalue weighted by Gasteiger charge is 2.22. The second-order valence-electron chi connectivity index (χ2n) is 7.13. The van der Waals surface area contributed by atoms with Crippen LogP contribution in [0.3, 0.4) is 0 Å². The average Bonchev–Trinajstić information content (AvgIpc) is 3.14. The van der Waals surface area contributed by atoms with Gasteiger partial charge in [0.25, 0.3) is 5.56 Å². The lowest BCUT2D eigenvalue weighted by Crippen LogP contribution is -2.35. The van der Waals surface area contributed by atoms with Gasteiger partial charge in [-0.05, 0) is 6.42 Å². The Hall–Kier alpha value is -2.73. The Morgan fingerprint density at radius 3 is 2.85 bits per heavy atom. The van der Waals surface area contributed by atoms with Gasteiger partial charge >= 0.3 is 0 Å². The lowest BCUT2D eigenvalue weighted by molar-refractivity contribution is 0.239. The quantitative estimate of drug-likeness (QED) is 0.706. The summed E-state index contributed by atoms with van der Waals surface area (Å²) < 4.78 is 0. The third-order valence-corrected chi connectivity index (χ3v) is 5.04. The number of nitrogens with one attached hydrogen (secondary N) is 2. The van der Waals surface area contributed by atoms with Crippen LogP contribution in [0.2, 0.25) is 0 Å². The van der Waals surface area contributed by atoms with Crippen molar-refractivity contribution in [3.63, 3.8) is 0 Å². The molecule has 1 aliphatic rings. The monoisotopic (exact) mass is 363 g/mol. The number of hydrogen-bond donors (Lipinski definition) is 2. The molecule has 2 N–H and O–H groups in total. The van der Waals surface area contributed by atoms with Gasteiger partial charge in [0.2, 0.25) is 0 Å². The van der Waals surface area contributed by atoms with E-state index in [1.54, 1.807) is 0 Å². The first-order valence-corrected chi connectivity index (χ1v) is 9.65. The number of rotatable bonds is 6. The molecule has 0 spiro atoms. The van der Waals surface area contributed by atoms with Gasteiger partial charge in [-0.15, -0.1) is 0 Å². The maximum Gasteiger partial charge on any atom is 0.255 e. The highest BCUT2D eigenvalue weighted by molar-refractivity contribution is 5.54. The summed E-state index contributed by atoms with van der Waals surface area (Å²) in [6.45, 7) is 4.47. The summed E-state index contributed by atoms with van der Waals surface area (Å²) in [5.41, 5.74) is 3.72. The fraction of sp³-hybridized carbons (Fsp3) is 0.381. The van der Waals surface area contributed by atoms with Gasteiger partial charge in [-0.1, -0.05) is 43.7 Å². The van der Waals surface area contributed by atoms with Crippen LogP contribution in [-0.2, 0) is 25.9 Å². The normalized spacial score (nSPS) is 14.3. The van der Waals surface area contributed by atoms with E-state index in [-0.39, 0.29) is 5.56 Å². The fourth-order valence-electron chi connectivity index (χ4n) is 3.55. The van der Waals surface area contributed by atoms with E-state index in [9.17, 15) is 4.79 Å². The molecule has 3 aromatic rings. The minimum absolute atomic E-state index is 0.0307. The smallest absolute Gasteiger partial charge is 0.255 e. The lowest BCUT2D eigenvalue weighted by atomic mass is 10.1. The Bertz CT molecular complexity index is 960. The minimum atomic E-state index is -0.0307. The third-order valence-electron chi connectivity index (χ3n) is 5.04. The first-order valence-electron chi connectivity index (χ1n) is 9.65. The number of fused-ring (bicyclic) bond motifs is 1. The molecule has 6 nitrogen and oxygen atoms in total. The van der Waals surface area contributed by atoms with E-state index < -0.39 is 0 Å². The molecule has 0 radical (unpaired) electrons. The molecule has 27 heavy (non-hydrogen) atoms. The second kappa shape index (κ2) is 7.88. The predicted molar refractivity (Wildman–Crippen MR) is 105 cm³/mol. The number of nitrogens with zero attached hydrogens (tertiary/aromatic N) is 3. The van der Waals surface area contributed by atoms with Crippen molar-refractivity contribution in [3.8, 4) is 11.4 Å². The maximum absolute atomic E-state index is 12.6. The maximum atomic E-state index is 12.6. The molecule has 6 heteroatoms. The van der Waals surface area contributed by atoms with Crippen LogP contribution in [0.4, 0.5) is 0 Å². The van der Waals surface area contributed by atoms with E-state index in [2.05, 4.69) is 26.8 Å². The van der Waals surface area contributed by atoms with Crippen LogP contribution in [0, 0.1) is 0 Å². The number of hydrogen-bond acceptors (Lipinski definition) is 4. The van der Waals surface area contributed by atoms with E-state index in [0.717, 1.165) is 60.7 Å². The summed E-state index contributed by atoms with van der Waals surface area (Å²) in [5, 5.41) is 0. The fourth-order valence-corrected chi connectivity index (χ4v) is 3.55. The van der Waals surface area contributed by atoms with Gasteiger partial charge in [0.15, 0.2) is 0 Å². The number of unbranched alkanes of at least 4 members (excludes halogenated alkanes) is 1. The van der Waals surface area contributed by atoms with E-state index in [1.165, 1.54) is 6.42 Å². The van der Waals surface area contributed by atoms with Gasteiger partial charge in [-0.2, -0.15) is 0 Å². The van der Waals surface area contributed by atoms with Crippen molar-refractivity contribution in [2.75, 3.05) is 6.54 Å². The van der Waals surface area contributed by atoms with Crippen LogP contribution >= 0.6 is 0 Å². The van der Waals surface area contributed by atoms with Gasteiger partial charge in [0, 0.05) is 49.9 Å². The molecule has 0 fully saturated rings. The lowest BCUT2D eigenvalue weighted by Gasteiger charge is -2.27. The number of benzene rings is 1. The SMILES string of the molecule is CCCCc1ncc(CN2CCc3nc(-c4ccccc4)[nH]c(=O)c3C2)[nH]1.